The van der Waals surface area contributed by atoms with Gasteiger partial charge in [-0.1, -0.05) is 23.2 Å². The van der Waals surface area contributed by atoms with E-state index in [1.165, 1.54) is 6.07 Å². The van der Waals surface area contributed by atoms with Crippen LogP contribution in [0.2, 0.25) is 10.0 Å². The van der Waals surface area contributed by atoms with Gasteiger partial charge in [0, 0.05) is 28.4 Å². The topological polar surface area (TPSA) is 87.7 Å². The van der Waals surface area contributed by atoms with Gasteiger partial charge >= 0.3 is 5.97 Å². The predicted octanol–water partition coefficient (Wildman–Crippen LogP) is 4.91. The molecule has 0 heterocycles. The first-order chi connectivity index (χ1) is 13.5. The molecule has 0 aromatic heterocycles. The molecule has 2 aromatic carbocycles. The predicted molar refractivity (Wildman–Crippen MR) is 115 cm³/mol. The van der Waals surface area contributed by atoms with Crippen molar-refractivity contribution in [3.05, 3.63) is 57.1 Å². The first kappa shape index (κ1) is 22.8. The molecule has 0 fully saturated rings. The SMILES string of the molecule is Cc1cc(C(=O)O)ccc1NCc1cc(Cl)cc(Cl)c1OCC(=O)NC(C)(C)C. The van der Waals surface area contributed by atoms with E-state index >= 15 is 0 Å². The van der Waals surface area contributed by atoms with Gasteiger partial charge in [-0.2, -0.15) is 0 Å². The molecule has 0 aliphatic carbocycles. The van der Waals surface area contributed by atoms with Gasteiger partial charge in [-0.05, 0) is 63.6 Å². The fourth-order valence-corrected chi connectivity index (χ4v) is 3.27. The van der Waals surface area contributed by atoms with Crippen LogP contribution in [-0.2, 0) is 11.3 Å². The lowest BCUT2D eigenvalue weighted by Crippen LogP contribution is -2.43. The molecule has 6 nitrogen and oxygen atoms in total. The highest BCUT2D eigenvalue weighted by molar-refractivity contribution is 6.35. The molecule has 0 unspecified atom stereocenters. The van der Waals surface area contributed by atoms with Gasteiger partial charge < -0.3 is 20.5 Å². The molecule has 0 radical (unpaired) electrons. The molecule has 0 aliphatic heterocycles. The van der Waals surface area contributed by atoms with E-state index in [2.05, 4.69) is 10.6 Å². The molecule has 1 amide bonds. The van der Waals surface area contributed by atoms with Crippen LogP contribution >= 0.6 is 23.2 Å². The van der Waals surface area contributed by atoms with E-state index in [1.54, 1.807) is 24.3 Å². The number of aryl methyl sites for hydroxylation is 1. The van der Waals surface area contributed by atoms with E-state index in [4.69, 9.17) is 33.0 Å². The van der Waals surface area contributed by atoms with Gasteiger partial charge in [0.1, 0.15) is 5.75 Å². The summed E-state index contributed by atoms with van der Waals surface area (Å²) in [5.41, 5.74) is 2.07. The second kappa shape index (κ2) is 9.37. The van der Waals surface area contributed by atoms with E-state index in [-0.39, 0.29) is 23.6 Å². The summed E-state index contributed by atoms with van der Waals surface area (Å²) in [6.45, 7) is 7.60. The van der Waals surface area contributed by atoms with Crippen LogP contribution in [0, 0.1) is 6.92 Å². The van der Waals surface area contributed by atoms with Crippen molar-refractivity contribution in [1.82, 2.24) is 5.32 Å². The third-order valence-corrected chi connectivity index (χ3v) is 4.39. The molecule has 2 rings (SSSR count). The minimum Gasteiger partial charge on any atom is -0.482 e. The minimum absolute atomic E-state index is 0.183. The van der Waals surface area contributed by atoms with Crippen LogP contribution in [0.3, 0.4) is 0 Å². The summed E-state index contributed by atoms with van der Waals surface area (Å²) in [4.78, 5) is 23.1. The molecular weight excluding hydrogens is 415 g/mol. The van der Waals surface area contributed by atoms with Crippen molar-refractivity contribution in [3.63, 3.8) is 0 Å². The molecular formula is C21H24Cl2N2O4. The number of hydrogen-bond acceptors (Lipinski definition) is 4. The smallest absolute Gasteiger partial charge is 0.335 e. The Hall–Kier alpha value is -2.44. The Labute approximate surface area is 180 Å². The number of benzene rings is 2. The number of rotatable bonds is 7. The summed E-state index contributed by atoms with van der Waals surface area (Å²) in [7, 11) is 0. The molecule has 0 atom stereocenters. The number of halogens is 2. The fourth-order valence-electron chi connectivity index (χ4n) is 2.68. The summed E-state index contributed by atoms with van der Waals surface area (Å²) in [5, 5.41) is 15.9. The Morgan fingerprint density at radius 3 is 2.41 bits per heavy atom. The molecule has 0 spiro atoms. The number of anilines is 1. The third kappa shape index (κ3) is 6.84. The first-order valence-electron chi connectivity index (χ1n) is 8.96. The maximum atomic E-state index is 12.1. The lowest BCUT2D eigenvalue weighted by atomic mass is 10.1. The number of nitrogens with one attached hydrogen (secondary N) is 2. The zero-order valence-corrected chi connectivity index (χ0v) is 18.2. The third-order valence-electron chi connectivity index (χ3n) is 3.89. The number of carbonyl (C=O) groups is 2. The lowest BCUT2D eigenvalue weighted by Gasteiger charge is -2.21. The Morgan fingerprint density at radius 1 is 1.14 bits per heavy atom. The molecule has 2 aromatic rings. The molecule has 3 N–H and O–H groups in total. The Kier molecular flexibility index (Phi) is 7.38. The highest BCUT2D eigenvalue weighted by Gasteiger charge is 2.17. The lowest BCUT2D eigenvalue weighted by molar-refractivity contribution is -0.124. The zero-order valence-electron chi connectivity index (χ0n) is 16.7. The highest BCUT2D eigenvalue weighted by Crippen LogP contribution is 2.33. The summed E-state index contributed by atoms with van der Waals surface area (Å²) < 4.78 is 5.68. The number of amides is 1. The van der Waals surface area contributed by atoms with Crippen LogP contribution in [0.25, 0.3) is 0 Å². The summed E-state index contributed by atoms with van der Waals surface area (Å²) in [5.74, 6) is -0.875. The van der Waals surface area contributed by atoms with Gasteiger partial charge in [0.15, 0.2) is 6.61 Å². The normalized spacial score (nSPS) is 11.1. The van der Waals surface area contributed by atoms with Crippen molar-refractivity contribution in [2.45, 2.75) is 39.8 Å². The van der Waals surface area contributed by atoms with Crippen LogP contribution in [0.15, 0.2) is 30.3 Å². The average molecular weight is 439 g/mol. The summed E-state index contributed by atoms with van der Waals surface area (Å²) >= 11 is 12.4. The minimum atomic E-state index is -0.981. The second-order valence-electron chi connectivity index (χ2n) is 7.65. The van der Waals surface area contributed by atoms with Crippen LogP contribution < -0.4 is 15.4 Å². The first-order valence-corrected chi connectivity index (χ1v) is 9.71. The molecule has 156 valence electrons. The highest BCUT2D eigenvalue weighted by atomic mass is 35.5. The number of carboxylic acid groups (broad SMARTS) is 1. The maximum absolute atomic E-state index is 12.1. The van der Waals surface area contributed by atoms with Gasteiger partial charge in [0.25, 0.3) is 5.91 Å². The van der Waals surface area contributed by atoms with Crippen LogP contribution in [0.1, 0.15) is 42.3 Å². The quantitative estimate of drug-likeness (QED) is 0.571. The van der Waals surface area contributed by atoms with Crippen LogP contribution in [0.5, 0.6) is 5.75 Å². The largest absolute Gasteiger partial charge is 0.482 e. The summed E-state index contributed by atoms with van der Waals surface area (Å²) in [6.07, 6.45) is 0. The Balaban J connectivity index is 2.16. The number of aromatic carboxylic acids is 1. The monoisotopic (exact) mass is 438 g/mol. The number of carboxylic acids is 1. The van der Waals surface area contributed by atoms with Crippen molar-refractivity contribution < 1.29 is 19.4 Å². The number of carbonyl (C=O) groups excluding carboxylic acids is 1. The van der Waals surface area contributed by atoms with Gasteiger partial charge in [-0.3, -0.25) is 4.79 Å². The van der Waals surface area contributed by atoms with E-state index in [1.807, 2.05) is 27.7 Å². The molecule has 0 aliphatic rings. The van der Waals surface area contributed by atoms with Gasteiger partial charge in [-0.15, -0.1) is 0 Å². The van der Waals surface area contributed by atoms with Gasteiger partial charge in [0.05, 0.1) is 10.6 Å². The Bertz CT molecular complexity index is 924. The van der Waals surface area contributed by atoms with E-state index in [0.29, 0.717) is 27.9 Å². The Morgan fingerprint density at radius 2 is 1.83 bits per heavy atom. The maximum Gasteiger partial charge on any atom is 0.335 e. The van der Waals surface area contributed by atoms with Crippen LogP contribution in [0.4, 0.5) is 5.69 Å². The van der Waals surface area contributed by atoms with Crippen molar-refractivity contribution in [2.75, 3.05) is 11.9 Å². The van der Waals surface area contributed by atoms with Crippen molar-refractivity contribution in [1.29, 1.82) is 0 Å². The van der Waals surface area contributed by atoms with E-state index in [0.717, 1.165) is 11.3 Å². The van der Waals surface area contributed by atoms with Gasteiger partial charge in [-0.25, -0.2) is 4.79 Å². The van der Waals surface area contributed by atoms with Gasteiger partial charge in [0.2, 0.25) is 0 Å². The second-order valence-corrected chi connectivity index (χ2v) is 8.49. The van der Waals surface area contributed by atoms with Crippen LogP contribution in [-0.4, -0.2) is 29.1 Å². The molecule has 8 heteroatoms. The average Bonchev–Trinajstić information content (AvgIpc) is 2.57. The standard InChI is InChI=1S/C21H24Cl2N2O4/c1-12-7-13(20(27)28)5-6-17(12)24-10-14-8-15(22)9-16(23)19(14)29-11-18(26)25-21(2,3)4/h5-9,24H,10-11H2,1-4H3,(H,25,26)(H,27,28). The fraction of sp³-hybridized carbons (Fsp3) is 0.333. The van der Waals surface area contributed by atoms with E-state index < -0.39 is 5.97 Å². The van der Waals surface area contributed by atoms with E-state index in [9.17, 15) is 9.59 Å². The summed E-state index contributed by atoms with van der Waals surface area (Å²) in [6, 6.07) is 8.07. The number of hydrogen-bond donors (Lipinski definition) is 3. The zero-order chi connectivity index (χ0) is 21.8. The van der Waals surface area contributed by atoms with Crippen molar-refractivity contribution in [3.8, 4) is 5.75 Å². The molecule has 0 saturated heterocycles. The number of ether oxygens (including phenoxy) is 1. The molecule has 29 heavy (non-hydrogen) atoms. The molecule has 0 saturated carbocycles. The molecule has 0 bridgehead atoms. The van der Waals surface area contributed by atoms with Crippen molar-refractivity contribution in [2.24, 2.45) is 0 Å². The van der Waals surface area contributed by atoms with Crippen molar-refractivity contribution >= 4 is 40.8 Å².